The largest absolute Gasteiger partial charge is 0.398 e. The van der Waals surface area contributed by atoms with Crippen LogP contribution in [-0.4, -0.2) is 53.9 Å². The number of aliphatic imine (C=N–C) groups is 1. The molecular formula is C33H47N7. The number of aromatic amines is 1. The van der Waals surface area contributed by atoms with E-state index in [2.05, 4.69) is 64.0 Å². The number of hydrogen-bond donors (Lipinski definition) is 4. The first-order valence-corrected chi connectivity index (χ1v) is 14.5. The topological polar surface area (TPSA) is 108 Å². The molecule has 3 aromatic rings. The molecule has 0 atom stereocenters. The van der Waals surface area contributed by atoms with E-state index >= 15 is 0 Å². The Labute approximate surface area is 240 Å². The Balaban J connectivity index is 0.000000371. The quantitative estimate of drug-likeness (QED) is 0.142. The molecule has 0 amide bonds. The number of nitrogens with one attached hydrogen (secondary N) is 2. The van der Waals surface area contributed by atoms with Gasteiger partial charge in [0.2, 0.25) is 0 Å². The van der Waals surface area contributed by atoms with Crippen molar-refractivity contribution in [3.63, 3.8) is 0 Å². The number of unbranched alkanes of at least 4 members (excludes halogenated alkanes) is 1. The normalized spacial score (nSPS) is 15.0. The number of amidine groups is 1. The van der Waals surface area contributed by atoms with Crippen LogP contribution in [0.4, 0.5) is 0 Å². The van der Waals surface area contributed by atoms with Crippen LogP contribution in [0.1, 0.15) is 61.5 Å². The van der Waals surface area contributed by atoms with E-state index in [9.17, 15) is 0 Å². The average Bonchev–Trinajstić information content (AvgIpc) is 3.41. The number of allylic oxidation sites excluding steroid dienone is 3. The van der Waals surface area contributed by atoms with Gasteiger partial charge in [-0.25, -0.2) is 4.98 Å². The highest BCUT2D eigenvalue weighted by Crippen LogP contribution is 2.23. The first-order valence-electron chi connectivity index (χ1n) is 14.5. The van der Waals surface area contributed by atoms with Crippen molar-refractivity contribution in [1.29, 1.82) is 0 Å². The van der Waals surface area contributed by atoms with Crippen LogP contribution < -0.4 is 16.8 Å². The van der Waals surface area contributed by atoms with Gasteiger partial charge in [-0.15, -0.1) is 0 Å². The Kier molecular flexibility index (Phi) is 12.5. The number of aryl methyl sites for hydroxylation is 2. The monoisotopic (exact) mass is 541 g/mol. The number of aromatic nitrogens is 2. The molecule has 4 rings (SSSR count). The van der Waals surface area contributed by atoms with Crippen LogP contribution in [-0.2, 0) is 6.42 Å². The van der Waals surface area contributed by atoms with E-state index in [0.717, 1.165) is 40.8 Å². The van der Waals surface area contributed by atoms with Crippen LogP contribution >= 0.6 is 0 Å². The number of nitrogens with zero attached hydrogens (tertiary/aromatic N) is 3. The predicted molar refractivity (Wildman–Crippen MR) is 171 cm³/mol. The maximum atomic E-state index is 6.30. The van der Waals surface area contributed by atoms with Gasteiger partial charge in [0.1, 0.15) is 11.7 Å². The molecule has 2 heterocycles. The number of hydrogen-bond acceptors (Lipinski definition) is 5. The van der Waals surface area contributed by atoms with Crippen molar-refractivity contribution in [2.24, 2.45) is 16.5 Å². The summed E-state index contributed by atoms with van der Waals surface area (Å²) in [5.41, 5.74) is 19.0. The highest BCUT2D eigenvalue weighted by atomic mass is 15.1. The molecule has 0 unspecified atom stereocenters. The summed E-state index contributed by atoms with van der Waals surface area (Å²) < 4.78 is 0. The number of fused-ring (bicyclic) bond motifs is 1. The van der Waals surface area contributed by atoms with Crippen molar-refractivity contribution in [3.05, 3.63) is 95.6 Å². The van der Waals surface area contributed by atoms with Crippen molar-refractivity contribution in [3.8, 4) is 0 Å². The van der Waals surface area contributed by atoms with Gasteiger partial charge in [0.05, 0.1) is 17.6 Å². The minimum atomic E-state index is 0.559. The van der Waals surface area contributed by atoms with Crippen LogP contribution in [0.25, 0.3) is 16.6 Å². The van der Waals surface area contributed by atoms with Gasteiger partial charge in [0.15, 0.2) is 0 Å². The summed E-state index contributed by atoms with van der Waals surface area (Å²) in [7, 11) is 1.82. The van der Waals surface area contributed by atoms with Crippen LogP contribution in [0.2, 0.25) is 0 Å². The van der Waals surface area contributed by atoms with Gasteiger partial charge in [0, 0.05) is 30.4 Å². The zero-order valence-corrected chi connectivity index (χ0v) is 24.5. The first-order chi connectivity index (χ1) is 19.5. The Morgan fingerprint density at radius 3 is 2.58 bits per heavy atom. The summed E-state index contributed by atoms with van der Waals surface area (Å²) in [6.45, 7) is 12.2. The summed E-state index contributed by atoms with van der Waals surface area (Å²) in [4.78, 5) is 15.2. The molecule has 0 aliphatic carbocycles. The van der Waals surface area contributed by atoms with Crippen LogP contribution in [0, 0.1) is 6.92 Å². The molecule has 1 aliphatic heterocycles. The zero-order chi connectivity index (χ0) is 28.7. The predicted octanol–water partition coefficient (Wildman–Crippen LogP) is 5.68. The maximum Gasteiger partial charge on any atom is 0.140 e. The Bertz CT molecular complexity index is 1300. The third-order valence-corrected chi connectivity index (χ3v) is 7.08. The van der Waals surface area contributed by atoms with Crippen molar-refractivity contribution < 1.29 is 0 Å². The van der Waals surface area contributed by atoms with E-state index in [-0.39, 0.29) is 0 Å². The molecule has 0 spiro atoms. The second-order valence-electron chi connectivity index (χ2n) is 10.2. The van der Waals surface area contributed by atoms with Gasteiger partial charge in [0.25, 0.3) is 0 Å². The lowest BCUT2D eigenvalue weighted by atomic mass is 10.1. The molecule has 1 saturated heterocycles. The minimum absolute atomic E-state index is 0.559. The number of rotatable bonds is 11. The van der Waals surface area contributed by atoms with E-state index in [4.69, 9.17) is 16.5 Å². The molecule has 0 radical (unpaired) electrons. The molecule has 1 fully saturated rings. The minimum Gasteiger partial charge on any atom is -0.398 e. The van der Waals surface area contributed by atoms with Crippen molar-refractivity contribution >= 4 is 22.4 Å². The number of piperidine rings is 1. The molecule has 7 heteroatoms. The van der Waals surface area contributed by atoms with E-state index in [0.29, 0.717) is 17.4 Å². The van der Waals surface area contributed by atoms with Gasteiger partial charge in [-0.05, 0) is 81.2 Å². The van der Waals surface area contributed by atoms with E-state index in [1.807, 2.05) is 26.1 Å². The highest BCUT2D eigenvalue weighted by Gasteiger charge is 2.13. The molecule has 214 valence electrons. The fraction of sp³-hybridized carbons (Fsp3) is 0.394. The maximum absolute atomic E-state index is 6.30. The number of imidazole rings is 1. The van der Waals surface area contributed by atoms with E-state index in [1.54, 1.807) is 18.4 Å². The molecular weight excluding hydrogens is 494 g/mol. The van der Waals surface area contributed by atoms with Crippen molar-refractivity contribution in [2.75, 3.05) is 33.2 Å². The molecule has 1 aromatic heterocycles. The lowest BCUT2D eigenvalue weighted by Crippen LogP contribution is -2.32. The molecule has 7 nitrogen and oxygen atoms in total. The van der Waals surface area contributed by atoms with E-state index < -0.39 is 0 Å². The molecule has 0 bridgehead atoms. The third-order valence-electron chi connectivity index (χ3n) is 7.08. The molecule has 6 N–H and O–H groups in total. The lowest BCUT2D eigenvalue weighted by Gasteiger charge is -2.25. The van der Waals surface area contributed by atoms with Crippen molar-refractivity contribution in [1.82, 2.24) is 20.2 Å². The number of likely N-dealkylation sites (tertiary alicyclic amines) is 1. The van der Waals surface area contributed by atoms with Gasteiger partial charge in [-0.2, -0.15) is 0 Å². The number of benzene rings is 2. The second-order valence-corrected chi connectivity index (χ2v) is 10.2. The number of H-pyrrole nitrogens is 1. The summed E-state index contributed by atoms with van der Waals surface area (Å²) in [6, 6.07) is 14.7. The fourth-order valence-electron chi connectivity index (χ4n) is 4.79. The van der Waals surface area contributed by atoms with E-state index in [1.165, 1.54) is 57.2 Å². The second kappa shape index (κ2) is 16.3. The Hall–Kier alpha value is -3.84. The average molecular weight is 542 g/mol. The van der Waals surface area contributed by atoms with Crippen molar-refractivity contribution in [2.45, 2.75) is 52.4 Å². The molecule has 1 aliphatic rings. The van der Waals surface area contributed by atoms with Gasteiger partial charge in [-0.1, -0.05) is 62.8 Å². The summed E-state index contributed by atoms with van der Waals surface area (Å²) >= 11 is 0. The highest BCUT2D eigenvalue weighted by molar-refractivity contribution is 6.01. The SMILES string of the molecule is C=C/C(=C(N)\C=C/NC)c1nc2c(C)cc(C(N)=NCCN3CCCCC3)cc2[nH]1.CCCCc1ccccc1. The summed E-state index contributed by atoms with van der Waals surface area (Å²) in [6.07, 6.45) is 13.0. The molecule has 2 aromatic carbocycles. The van der Waals surface area contributed by atoms with Gasteiger partial charge in [-0.3, -0.25) is 4.99 Å². The summed E-state index contributed by atoms with van der Waals surface area (Å²) in [5.74, 6) is 1.24. The number of nitrogens with two attached hydrogens (primary N) is 2. The van der Waals surface area contributed by atoms with Crippen LogP contribution in [0.3, 0.4) is 0 Å². The van der Waals surface area contributed by atoms with Crippen LogP contribution in [0.15, 0.2) is 78.1 Å². The lowest BCUT2D eigenvalue weighted by molar-refractivity contribution is 0.235. The third kappa shape index (κ3) is 9.12. The Morgan fingerprint density at radius 1 is 1.15 bits per heavy atom. The standard InChI is InChI=1S/C23H33N7.C10H14/c1-4-18(19(24)8-9-26-3)23-28-20-15-17(14-16(2)21(20)29-23)22(25)27-10-13-30-11-6-5-7-12-30;1-2-3-7-10-8-5-4-6-9-10/h4,8-9,14-15,26H,1,5-7,10-13,24H2,2-3H3,(H2,25,27)(H,28,29);4-6,8-9H,2-3,7H2,1H3/b9-8-,19-18-;. The fourth-order valence-corrected chi connectivity index (χ4v) is 4.79. The first kappa shape index (κ1) is 30.7. The van der Waals surface area contributed by atoms with Gasteiger partial charge >= 0.3 is 0 Å². The van der Waals surface area contributed by atoms with Crippen LogP contribution in [0.5, 0.6) is 0 Å². The molecule has 40 heavy (non-hydrogen) atoms. The summed E-state index contributed by atoms with van der Waals surface area (Å²) in [5, 5.41) is 2.93. The van der Waals surface area contributed by atoms with Gasteiger partial charge < -0.3 is 26.7 Å². The smallest absolute Gasteiger partial charge is 0.140 e. The molecule has 0 saturated carbocycles. The zero-order valence-electron chi connectivity index (χ0n) is 24.5. The Morgan fingerprint density at radius 2 is 1.90 bits per heavy atom.